The summed E-state index contributed by atoms with van der Waals surface area (Å²) in [4.78, 5) is 12.7. The summed E-state index contributed by atoms with van der Waals surface area (Å²) in [6, 6.07) is 0. The molecule has 0 spiro atoms. The number of aliphatic hydroxyl groups is 1. The lowest BCUT2D eigenvalue weighted by Crippen LogP contribution is -2.63. The van der Waals surface area contributed by atoms with E-state index in [1.807, 2.05) is 0 Å². The molecule has 0 aliphatic heterocycles. The van der Waals surface area contributed by atoms with E-state index in [4.69, 9.17) is 0 Å². The van der Waals surface area contributed by atoms with E-state index in [1.165, 1.54) is 31.3 Å². The maximum absolute atomic E-state index is 12.7. The maximum atomic E-state index is 12.7. The molecule has 5 saturated carbocycles. The van der Waals surface area contributed by atoms with Gasteiger partial charge in [-0.1, -0.05) is 39.8 Å². The Morgan fingerprint density at radius 2 is 1.50 bits per heavy atom. The van der Waals surface area contributed by atoms with E-state index in [9.17, 15) is 15.0 Å². The second-order valence-corrected chi connectivity index (χ2v) is 13.9. The van der Waals surface area contributed by atoms with E-state index < -0.39 is 11.4 Å². The van der Waals surface area contributed by atoms with Gasteiger partial charge in [0.05, 0.1) is 11.5 Å². The number of allylic oxidation sites excluding steroid dienone is 1. The van der Waals surface area contributed by atoms with Crippen molar-refractivity contribution in [3.05, 3.63) is 12.2 Å². The summed E-state index contributed by atoms with van der Waals surface area (Å²) in [7, 11) is 0. The Morgan fingerprint density at radius 3 is 2.16 bits per heavy atom. The van der Waals surface area contributed by atoms with Crippen molar-refractivity contribution in [1.29, 1.82) is 0 Å². The minimum atomic E-state index is -0.532. The highest BCUT2D eigenvalue weighted by molar-refractivity contribution is 5.76. The minimum Gasteiger partial charge on any atom is -0.481 e. The summed E-state index contributed by atoms with van der Waals surface area (Å²) >= 11 is 0. The molecule has 180 valence electrons. The fraction of sp³-hybridized carbons (Fsp3) is 0.897. The van der Waals surface area contributed by atoms with Crippen molar-refractivity contribution >= 4 is 5.97 Å². The van der Waals surface area contributed by atoms with E-state index in [2.05, 4.69) is 41.2 Å². The van der Waals surface area contributed by atoms with Crippen LogP contribution in [0.2, 0.25) is 0 Å². The molecule has 0 aromatic heterocycles. The molecule has 0 heterocycles. The molecule has 5 fully saturated rings. The summed E-state index contributed by atoms with van der Waals surface area (Å²) in [6.07, 6.45) is 10.6. The lowest BCUT2D eigenvalue weighted by molar-refractivity contribution is -0.217. The number of fused-ring (bicyclic) bond motifs is 7. The van der Waals surface area contributed by atoms with E-state index in [1.54, 1.807) is 0 Å². The lowest BCUT2D eigenvalue weighted by Gasteiger charge is -2.69. The first kappa shape index (κ1) is 22.9. The van der Waals surface area contributed by atoms with Crippen molar-refractivity contribution in [1.82, 2.24) is 0 Å². The third-order valence-electron chi connectivity index (χ3n) is 12.6. The van der Waals surface area contributed by atoms with Crippen molar-refractivity contribution in [2.24, 2.45) is 57.2 Å². The molecule has 3 heteroatoms. The molecule has 5 aliphatic rings. The monoisotopic (exact) mass is 442 g/mol. The zero-order chi connectivity index (χ0) is 23.3. The molecule has 10 unspecified atom stereocenters. The summed E-state index contributed by atoms with van der Waals surface area (Å²) < 4.78 is 0. The van der Waals surface area contributed by atoms with Crippen LogP contribution in [0.1, 0.15) is 98.8 Å². The molecule has 0 saturated heterocycles. The average molecular weight is 443 g/mol. The third-order valence-corrected chi connectivity index (χ3v) is 12.6. The second-order valence-electron chi connectivity index (χ2n) is 13.9. The van der Waals surface area contributed by atoms with Crippen LogP contribution in [0, 0.1) is 57.2 Å². The predicted octanol–water partition coefficient (Wildman–Crippen LogP) is 6.70. The molecule has 5 aliphatic carbocycles. The molecular weight excluding hydrogens is 396 g/mol. The van der Waals surface area contributed by atoms with Gasteiger partial charge in [-0.15, -0.1) is 0 Å². The van der Waals surface area contributed by atoms with Gasteiger partial charge < -0.3 is 10.2 Å². The second kappa shape index (κ2) is 7.09. The SMILES string of the molecule is C=C(C)C1CCC2(C(=O)O)CCC3C(CCC4C3(C)CCC3C(C)(C)C(O)CCC34C)C12. The van der Waals surface area contributed by atoms with Gasteiger partial charge in [0.25, 0.3) is 0 Å². The van der Waals surface area contributed by atoms with E-state index in [0.717, 1.165) is 38.5 Å². The fourth-order valence-corrected chi connectivity index (χ4v) is 11.2. The Kier molecular flexibility index (Phi) is 5.08. The van der Waals surface area contributed by atoms with Gasteiger partial charge in [0, 0.05) is 0 Å². The Hall–Kier alpha value is -0.830. The molecule has 10 atom stereocenters. The molecular formula is C29H46O3. The Labute approximate surface area is 195 Å². The number of hydrogen-bond acceptors (Lipinski definition) is 2. The molecule has 0 aromatic rings. The molecule has 0 amide bonds. The number of carboxylic acid groups (broad SMARTS) is 1. The van der Waals surface area contributed by atoms with Crippen molar-refractivity contribution in [3.8, 4) is 0 Å². The van der Waals surface area contributed by atoms with Gasteiger partial charge in [-0.05, 0) is 123 Å². The zero-order valence-corrected chi connectivity index (χ0v) is 21.1. The molecule has 0 bridgehead atoms. The highest BCUT2D eigenvalue weighted by atomic mass is 16.4. The molecule has 3 nitrogen and oxygen atoms in total. The van der Waals surface area contributed by atoms with Crippen molar-refractivity contribution < 1.29 is 15.0 Å². The fourth-order valence-electron chi connectivity index (χ4n) is 11.2. The highest BCUT2D eigenvalue weighted by Crippen LogP contribution is 2.73. The van der Waals surface area contributed by atoms with Crippen LogP contribution >= 0.6 is 0 Å². The standard InChI is InChI=1S/C29H46O3/c1-17(2)18-9-15-29(25(31)32)16-10-20-19(24(18)29)7-8-22-27(20,5)13-11-21-26(3,4)23(30)12-14-28(21,22)6/h18-24,30H,1,7-16H2,2-6H3,(H,31,32). The van der Waals surface area contributed by atoms with Crippen molar-refractivity contribution in [2.75, 3.05) is 0 Å². The number of hydrogen-bond donors (Lipinski definition) is 2. The van der Waals surface area contributed by atoms with Gasteiger partial charge in [0.2, 0.25) is 0 Å². The lowest BCUT2D eigenvalue weighted by atomic mass is 9.36. The number of aliphatic carboxylic acids is 1. The summed E-state index contributed by atoms with van der Waals surface area (Å²) in [6.45, 7) is 16.2. The molecule has 0 radical (unpaired) electrons. The largest absolute Gasteiger partial charge is 0.481 e. The van der Waals surface area contributed by atoms with Gasteiger partial charge >= 0.3 is 5.97 Å². The van der Waals surface area contributed by atoms with Crippen LogP contribution < -0.4 is 0 Å². The van der Waals surface area contributed by atoms with E-state index in [-0.39, 0.29) is 17.4 Å². The highest BCUT2D eigenvalue weighted by Gasteiger charge is 2.68. The summed E-state index contributed by atoms with van der Waals surface area (Å²) in [5.74, 6) is 2.60. The van der Waals surface area contributed by atoms with Crippen LogP contribution in [0.4, 0.5) is 0 Å². The van der Waals surface area contributed by atoms with Gasteiger partial charge in [-0.25, -0.2) is 0 Å². The van der Waals surface area contributed by atoms with E-state index >= 15 is 0 Å². The Morgan fingerprint density at radius 1 is 0.844 bits per heavy atom. The van der Waals surface area contributed by atoms with Gasteiger partial charge in [0.1, 0.15) is 0 Å². The average Bonchev–Trinajstić information content (AvgIpc) is 3.12. The smallest absolute Gasteiger partial charge is 0.309 e. The number of rotatable bonds is 2. The first-order valence-corrected chi connectivity index (χ1v) is 13.5. The first-order chi connectivity index (χ1) is 14.9. The predicted molar refractivity (Wildman–Crippen MR) is 128 cm³/mol. The molecule has 32 heavy (non-hydrogen) atoms. The van der Waals surface area contributed by atoms with Gasteiger partial charge in [-0.2, -0.15) is 0 Å². The number of carboxylic acids is 1. The molecule has 5 rings (SSSR count). The van der Waals surface area contributed by atoms with Gasteiger partial charge in [-0.3, -0.25) is 4.79 Å². The maximum Gasteiger partial charge on any atom is 0.309 e. The number of aliphatic hydroxyl groups excluding tert-OH is 1. The van der Waals surface area contributed by atoms with Crippen LogP contribution in [0.5, 0.6) is 0 Å². The normalized spacial score (nSPS) is 54.0. The van der Waals surface area contributed by atoms with Crippen LogP contribution in [0.3, 0.4) is 0 Å². The zero-order valence-electron chi connectivity index (χ0n) is 21.1. The topological polar surface area (TPSA) is 57.5 Å². The van der Waals surface area contributed by atoms with Crippen molar-refractivity contribution in [2.45, 2.75) is 105 Å². The Bertz CT molecular complexity index is 815. The summed E-state index contributed by atoms with van der Waals surface area (Å²) in [5, 5.41) is 21.2. The molecule has 0 aromatic carbocycles. The van der Waals surface area contributed by atoms with Crippen LogP contribution in [-0.2, 0) is 4.79 Å². The quantitative estimate of drug-likeness (QED) is 0.468. The summed E-state index contributed by atoms with van der Waals surface area (Å²) in [5.41, 5.74) is 1.30. The Balaban J connectivity index is 1.52. The van der Waals surface area contributed by atoms with Gasteiger partial charge in [0.15, 0.2) is 0 Å². The number of carbonyl (C=O) groups is 1. The van der Waals surface area contributed by atoms with Crippen LogP contribution in [0.15, 0.2) is 12.2 Å². The van der Waals surface area contributed by atoms with E-state index in [0.29, 0.717) is 40.4 Å². The first-order valence-electron chi connectivity index (χ1n) is 13.5. The minimum absolute atomic E-state index is 0.00724. The van der Waals surface area contributed by atoms with Crippen molar-refractivity contribution in [3.63, 3.8) is 0 Å². The van der Waals surface area contributed by atoms with Crippen LogP contribution in [0.25, 0.3) is 0 Å². The third kappa shape index (κ3) is 2.72. The molecule has 2 N–H and O–H groups in total. The van der Waals surface area contributed by atoms with Crippen LogP contribution in [-0.4, -0.2) is 22.3 Å².